The lowest BCUT2D eigenvalue weighted by molar-refractivity contribution is -0.144. The minimum absolute atomic E-state index is 0.292. The second kappa shape index (κ2) is 10.2. The molecule has 2 aliphatic rings. The maximum absolute atomic E-state index is 11.6. The lowest BCUT2D eigenvalue weighted by Crippen LogP contribution is -2.56. The Labute approximate surface area is 163 Å². The third kappa shape index (κ3) is 5.77. The largest absolute Gasteiger partial charge is 0.480 e. The van der Waals surface area contributed by atoms with E-state index in [-0.39, 0.29) is 6.04 Å². The van der Waals surface area contributed by atoms with E-state index in [4.69, 9.17) is 0 Å². The van der Waals surface area contributed by atoms with Crippen molar-refractivity contribution in [3.05, 3.63) is 35.9 Å². The minimum Gasteiger partial charge on any atom is -0.480 e. The van der Waals surface area contributed by atoms with Gasteiger partial charge in [-0.1, -0.05) is 50.1 Å². The SMILES string of the molecule is CCCCC(C(=O)O)N1CCN(C2CCN(Cc3ccccc3)CC2)CC1. The number of likely N-dealkylation sites (tertiary alicyclic amines) is 1. The number of carboxylic acids is 1. The maximum Gasteiger partial charge on any atom is 0.320 e. The van der Waals surface area contributed by atoms with Crippen LogP contribution in [0.2, 0.25) is 0 Å². The van der Waals surface area contributed by atoms with Gasteiger partial charge in [-0.15, -0.1) is 0 Å². The number of nitrogens with zero attached hydrogens (tertiary/aromatic N) is 3. The third-order valence-corrected chi connectivity index (χ3v) is 6.23. The van der Waals surface area contributed by atoms with E-state index in [2.05, 4.69) is 52.0 Å². The van der Waals surface area contributed by atoms with Gasteiger partial charge in [-0.05, 0) is 37.9 Å². The molecule has 2 aliphatic heterocycles. The van der Waals surface area contributed by atoms with Crippen LogP contribution in [0.3, 0.4) is 0 Å². The Bertz CT molecular complexity index is 564. The molecule has 2 saturated heterocycles. The summed E-state index contributed by atoms with van der Waals surface area (Å²) in [4.78, 5) is 19.0. The third-order valence-electron chi connectivity index (χ3n) is 6.23. The molecule has 0 spiro atoms. The molecule has 0 bridgehead atoms. The minimum atomic E-state index is -0.647. The van der Waals surface area contributed by atoms with E-state index in [0.717, 1.165) is 65.1 Å². The van der Waals surface area contributed by atoms with Crippen LogP contribution >= 0.6 is 0 Å². The van der Waals surface area contributed by atoms with Gasteiger partial charge in [0.1, 0.15) is 6.04 Å². The number of rotatable bonds is 8. The summed E-state index contributed by atoms with van der Waals surface area (Å²) < 4.78 is 0. The van der Waals surface area contributed by atoms with Gasteiger partial charge < -0.3 is 5.11 Å². The van der Waals surface area contributed by atoms with Gasteiger partial charge in [-0.25, -0.2) is 0 Å². The Kier molecular flexibility index (Phi) is 7.68. The summed E-state index contributed by atoms with van der Waals surface area (Å²) in [5.41, 5.74) is 1.40. The molecule has 3 rings (SSSR count). The van der Waals surface area contributed by atoms with Gasteiger partial charge in [0.05, 0.1) is 0 Å². The lowest BCUT2D eigenvalue weighted by atomic mass is 10.0. The number of piperidine rings is 1. The van der Waals surface area contributed by atoms with Gasteiger partial charge >= 0.3 is 5.97 Å². The molecule has 1 atom stereocenters. The average Bonchev–Trinajstić information content (AvgIpc) is 2.70. The van der Waals surface area contributed by atoms with Crippen LogP contribution in [-0.4, -0.2) is 77.1 Å². The molecule has 0 saturated carbocycles. The Morgan fingerprint density at radius 3 is 2.33 bits per heavy atom. The fourth-order valence-electron chi connectivity index (χ4n) is 4.56. The van der Waals surface area contributed by atoms with Crippen molar-refractivity contribution in [2.75, 3.05) is 39.3 Å². The molecule has 2 heterocycles. The first kappa shape index (κ1) is 20.3. The first-order valence-corrected chi connectivity index (χ1v) is 10.6. The first-order valence-electron chi connectivity index (χ1n) is 10.6. The van der Waals surface area contributed by atoms with Gasteiger partial charge in [-0.3, -0.25) is 19.5 Å². The summed E-state index contributed by atoms with van der Waals surface area (Å²) in [6.07, 6.45) is 5.29. The van der Waals surface area contributed by atoms with Crippen molar-refractivity contribution in [3.8, 4) is 0 Å². The Morgan fingerprint density at radius 1 is 1.07 bits per heavy atom. The fraction of sp³-hybridized carbons (Fsp3) is 0.682. The number of aliphatic carboxylic acids is 1. The summed E-state index contributed by atoms with van der Waals surface area (Å²) in [6, 6.07) is 11.1. The molecule has 1 N–H and O–H groups in total. The zero-order valence-corrected chi connectivity index (χ0v) is 16.7. The number of hydrogen-bond donors (Lipinski definition) is 1. The van der Waals surface area contributed by atoms with E-state index in [1.165, 1.54) is 18.4 Å². The Morgan fingerprint density at radius 2 is 1.74 bits per heavy atom. The monoisotopic (exact) mass is 373 g/mol. The van der Waals surface area contributed by atoms with Crippen molar-refractivity contribution in [3.63, 3.8) is 0 Å². The summed E-state index contributed by atoms with van der Waals surface area (Å²) in [6.45, 7) is 9.32. The molecular formula is C22H35N3O2. The van der Waals surface area contributed by atoms with Crippen molar-refractivity contribution in [1.82, 2.24) is 14.7 Å². The van der Waals surface area contributed by atoms with Crippen LogP contribution < -0.4 is 0 Å². The molecule has 0 aliphatic carbocycles. The Hall–Kier alpha value is -1.43. The van der Waals surface area contributed by atoms with Crippen LogP contribution in [0.25, 0.3) is 0 Å². The number of carbonyl (C=O) groups is 1. The molecule has 150 valence electrons. The van der Waals surface area contributed by atoms with Gasteiger partial charge in [0.25, 0.3) is 0 Å². The topological polar surface area (TPSA) is 47.0 Å². The normalized spacial score (nSPS) is 22.0. The molecule has 1 aromatic carbocycles. The molecule has 5 heteroatoms. The molecule has 2 fully saturated rings. The van der Waals surface area contributed by atoms with Crippen LogP contribution in [0.4, 0.5) is 0 Å². The zero-order chi connectivity index (χ0) is 19.1. The van der Waals surface area contributed by atoms with E-state index in [1.807, 2.05) is 0 Å². The van der Waals surface area contributed by atoms with Crippen molar-refractivity contribution < 1.29 is 9.90 Å². The number of piperazine rings is 1. The first-order chi connectivity index (χ1) is 13.2. The number of carboxylic acid groups (broad SMARTS) is 1. The Balaban J connectivity index is 1.42. The predicted molar refractivity (Wildman–Crippen MR) is 109 cm³/mol. The maximum atomic E-state index is 11.6. The predicted octanol–water partition coefficient (Wildman–Crippen LogP) is 2.91. The molecular weight excluding hydrogens is 338 g/mol. The van der Waals surface area contributed by atoms with Gasteiger partial charge in [-0.2, -0.15) is 0 Å². The standard InChI is InChI=1S/C22H35N3O2/c1-2-3-9-21(22(26)27)25-16-14-24(15-17-25)20-10-12-23(13-11-20)18-19-7-5-4-6-8-19/h4-8,20-21H,2-3,9-18H2,1H3,(H,26,27). The number of benzene rings is 1. The molecule has 0 amide bonds. The smallest absolute Gasteiger partial charge is 0.320 e. The zero-order valence-electron chi connectivity index (χ0n) is 16.7. The summed E-state index contributed by atoms with van der Waals surface area (Å²) >= 11 is 0. The summed E-state index contributed by atoms with van der Waals surface area (Å²) in [5.74, 6) is -0.647. The van der Waals surface area contributed by atoms with Crippen LogP contribution in [-0.2, 0) is 11.3 Å². The van der Waals surface area contributed by atoms with Crippen molar-refractivity contribution in [2.45, 2.75) is 57.7 Å². The van der Waals surface area contributed by atoms with Gasteiger partial charge in [0.15, 0.2) is 0 Å². The molecule has 1 aromatic rings. The van der Waals surface area contributed by atoms with Crippen molar-refractivity contribution in [1.29, 1.82) is 0 Å². The van der Waals surface area contributed by atoms with Crippen LogP contribution in [0.1, 0.15) is 44.6 Å². The van der Waals surface area contributed by atoms with E-state index in [9.17, 15) is 9.90 Å². The van der Waals surface area contributed by atoms with E-state index in [0.29, 0.717) is 6.04 Å². The van der Waals surface area contributed by atoms with Gasteiger partial charge in [0, 0.05) is 38.8 Å². The van der Waals surface area contributed by atoms with Crippen molar-refractivity contribution >= 4 is 5.97 Å². The van der Waals surface area contributed by atoms with Crippen LogP contribution in [0.15, 0.2) is 30.3 Å². The highest BCUT2D eigenvalue weighted by molar-refractivity contribution is 5.73. The van der Waals surface area contributed by atoms with Crippen LogP contribution in [0, 0.1) is 0 Å². The number of hydrogen-bond acceptors (Lipinski definition) is 4. The summed E-state index contributed by atoms with van der Waals surface area (Å²) in [7, 11) is 0. The highest BCUT2D eigenvalue weighted by Gasteiger charge is 2.31. The molecule has 27 heavy (non-hydrogen) atoms. The van der Waals surface area contributed by atoms with E-state index < -0.39 is 5.97 Å². The van der Waals surface area contributed by atoms with E-state index in [1.54, 1.807) is 0 Å². The quantitative estimate of drug-likeness (QED) is 0.759. The molecule has 5 nitrogen and oxygen atoms in total. The highest BCUT2D eigenvalue weighted by atomic mass is 16.4. The van der Waals surface area contributed by atoms with Gasteiger partial charge in [0.2, 0.25) is 0 Å². The second-order valence-electron chi connectivity index (χ2n) is 8.06. The molecule has 0 aromatic heterocycles. The second-order valence-corrected chi connectivity index (χ2v) is 8.06. The lowest BCUT2D eigenvalue weighted by Gasteiger charge is -2.44. The van der Waals surface area contributed by atoms with Crippen LogP contribution in [0.5, 0.6) is 0 Å². The average molecular weight is 374 g/mol. The fourth-order valence-corrected chi connectivity index (χ4v) is 4.56. The van der Waals surface area contributed by atoms with E-state index >= 15 is 0 Å². The highest BCUT2D eigenvalue weighted by Crippen LogP contribution is 2.21. The molecule has 0 radical (unpaired) electrons. The summed E-state index contributed by atoms with van der Waals surface area (Å²) in [5, 5.41) is 9.56. The molecule has 1 unspecified atom stereocenters. The number of unbranched alkanes of at least 4 members (excludes halogenated alkanes) is 1. The van der Waals surface area contributed by atoms with Crippen molar-refractivity contribution in [2.24, 2.45) is 0 Å².